The minimum Gasteiger partial charge on any atom is -0.490 e. The fourth-order valence-corrected chi connectivity index (χ4v) is 1.86. The number of ether oxygens (including phenoxy) is 2. The van der Waals surface area contributed by atoms with E-state index in [1.807, 2.05) is 0 Å². The number of sulfone groups is 1. The highest BCUT2D eigenvalue weighted by Gasteiger charge is 2.21. The Kier molecular flexibility index (Phi) is 5.81. The zero-order valence-electron chi connectivity index (χ0n) is 11.9. The smallest absolute Gasteiger partial charge is 0.466 e. The van der Waals surface area contributed by atoms with Gasteiger partial charge in [0.15, 0.2) is 15.6 Å². The zero-order valence-corrected chi connectivity index (χ0v) is 12.7. The fraction of sp³-hybridized carbons (Fsp3) is 0.500. The molecule has 0 aromatic carbocycles. The van der Waals surface area contributed by atoms with E-state index in [1.54, 1.807) is 0 Å². The van der Waals surface area contributed by atoms with Crippen LogP contribution in [0.4, 0.5) is 4.79 Å². The Labute approximate surface area is 121 Å². The normalized spacial score (nSPS) is 11.0. The predicted octanol–water partition coefficient (Wildman–Crippen LogP) is -0.0466. The number of methoxy groups -OCH3 is 1. The molecule has 0 N–H and O–H groups in total. The van der Waals surface area contributed by atoms with Crippen LogP contribution in [0.2, 0.25) is 0 Å². The maximum Gasteiger partial charge on any atom is 0.466 e. The van der Waals surface area contributed by atoms with E-state index in [-0.39, 0.29) is 17.5 Å². The summed E-state index contributed by atoms with van der Waals surface area (Å²) in [6, 6.07) is 0. The summed E-state index contributed by atoms with van der Waals surface area (Å²) in [5, 5.41) is 0.456. The third kappa shape index (κ3) is 5.13. The zero-order chi connectivity index (χ0) is 16.0. The molecule has 0 saturated carbocycles. The highest BCUT2D eigenvalue weighted by atomic mass is 32.2. The Morgan fingerprint density at radius 3 is 2.38 bits per heavy atom. The summed E-state index contributed by atoms with van der Waals surface area (Å²) in [4.78, 5) is 28.4. The Hall–Kier alpha value is -1.98. The Bertz CT molecular complexity index is 601. The number of hydrogen-bond donors (Lipinski definition) is 0. The average Bonchev–Trinajstić information content (AvgIpc) is 2.38. The summed E-state index contributed by atoms with van der Waals surface area (Å²) < 4.78 is 32.3. The lowest BCUT2D eigenvalue weighted by molar-refractivity contribution is -0.305. The van der Waals surface area contributed by atoms with Gasteiger partial charge >= 0.3 is 6.09 Å². The molecule has 0 aliphatic heterocycles. The second-order valence-electron chi connectivity index (χ2n) is 3.72. The van der Waals surface area contributed by atoms with Gasteiger partial charge in [-0.05, 0) is 5.23 Å². The average molecular weight is 321 g/mol. The molecule has 10 nitrogen and oxygen atoms in total. The van der Waals surface area contributed by atoms with Crippen molar-refractivity contribution in [3.05, 3.63) is 12.0 Å². The van der Waals surface area contributed by atoms with Gasteiger partial charge in [-0.15, -0.1) is 0 Å². The number of carbonyl (C=O) groups excluding carboxylic acids is 1. The first kappa shape index (κ1) is 17.1. The van der Waals surface area contributed by atoms with Gasteiger partial charge in [0, 0.05) is 6.26 Å². The summed E-state index contributed by atoms with van der Waals surface area (Å²) in [5.74, 6) is -0.648. The lowest BCUT2D eigenvalue weighted by Crippen LogP contribution is -2.32. The van der Waals surface area contributed by atoms with Crippen LogP contribution in [0.25, 0.3) is 0 Å². The third-order valence-electron chi connectivity index (χ3n) is 2.05. The molecule has 1 amide bonds. The molecule has 0 atom stereocenters. The van der Waals surface area contributed by atoms with E-state index in [9.17, 15) is 13.2 Å². The maximum absolute atomic E-state index is 11.7. The Morgan fingerprint density at radius 2 is 1.90 bits per heavy atom. The highest BCUT2D eigenvalue weighted by molar-refractivity contribution is 7.89. The summed E-state index contributed by atoms with van der Waals surface area (Å²) in [6.07, 6.45) is 1.20. The fourth-order valence-electron chi connectivity index (χ4n) is 1.25. The first-order chi connectivity index (χ1) is 9.80. The van der Waals surface area contributed by atoms with E-state index in [2.05, 4.69) is 19.6 Å². The standard InChI is InChI=1S/C10H15N3O7S/c1-17-7-5-11-8(6-21(4,15)16)12-9(7)20-10(14)13(18-2)19-3/h5H,6H2,1-4H3. The molecule has 1 rings (SSSR count). The molecule has 21 heavy (non-hydrogen) atoms. The van der Waals surface area contributed by atoms with E-state index in [4.69, 9.17) is 9.47 Å². The Balaban J connectivity index is 3.03. The molecule has 0 radical (unpaired) electrons. The van der Waals surface area contributed by atoms with E-state index in [1.165, 1.54) is 27.5 Å². The Morgan fingerprint density at radius 1 is 1.29 bits per heavy atom. The van der Waals surface area contributed by atoms with Crippen LogP contribution in [0.5, 0.6) is 11.6 Å². The van der Waals surface area contributed by atoms with Crippen LogP contribution in [-0.2, 0) is 25.3 Å². The van der Waals surface area contributed by atoms with Crippen molar-refractivity contribution in [1.82, 2.24) is 15.2 Å². The van der Waals surface area contributed by atoms with Gasteiger partial charge in [0.2, 0.25) is 0 Å². The molecule has 0 spiro atoms. The molecule has 0 aliphatic rings. The lowest BCUT2D eigenvalue weighted by Gasteiger charge is -2.15. The van der Waals surface area contributed by atoms with Gasteiger partial charge < -0.3 is 9.47 Å². The van der Waals surface area contributed by atoms with Crippen molar-refractivity contribution in [3.63, 3.8) is 0 Å². The van der Waals surface area contributed by atoms with Gasteiger partial charge in [0.25, 0.3) is 5.88 Å². The van der Waals surface area contributed by atoms with Crippen molar-refractivity contribution < 1.29 is 32.4 Å². The topological polar surface area (TPSA) is 117 Å². The molecule has 1 aromatic rings. The van der Waals surface area contributed by atoms with Crippen molar-refractivity contribution in [1.29, 1.82) is 0 Å². The van der Waals surface area contributed by atoms with Crippen LogP contribution >= 0.6 is 0 Å². The number of carbonyl (C=O) groups is 1. The summed E-state index contributed by atoms with van der Waals surface area (Å²) >= 11 is 0. The molecule has 11 heteroatoms. The molecule has 1 aromatic heterocycles. The molecule has 0 saturated heterocycles. The molecule has 1 heterocycles. The van der Waals surface area contributed by atoms with Crippen molar-refractivity contribution >= 4 is 15.9 Å². The van der Waals surface area contributed by atoms with Gasteiger partial charge in [-0.2, -0.15) is 4.98 Å². The molecular formula is C10H15N3O7S. The van der Waals surface area contributed by atoms with Crippen molar-refractivity contribution in [2.75, 3.05) is 27.6 Å². The van der Waals surface area contributed by atoms with Crippen molar-refractivity contribution in [2.24, 2.45) is 0 Å². The number of hydroxylamine groups is 2. The molecule has 0 fully saturated rings. The van der Waals surface area contributed by atoms with Crippen LogP contribution in [0.3, 0.4) is 0 Å². The van der Waals surface area contributed by atoms with Crippen molar-refractivity contribution in [2.45, 2.75) is 5.75 Å². The maximum atomic E-state index is 11.7. The summed E-state index contributed by atoms with van der Waals surface area (Å²) in [6.45, 7) is 0. The van der Waals surface area contributed by atoms with E-state index in [0.29, 0.717) is 5.23 Å². The minimum atomic E-state index is -3.33. The van der Waals surface area contributed by atoms with Crippen LogP contribution in [0, 0.1) is 0 Å². The second-order valence-corrected chi connectivity index (χ2v) is 5.86. The number of aromatic nitrogens is 2. The van der Waals surface area contributed by atoms with Gasteiger partial charge in [0.1, 0.15) is 11.6 Å². The predicted molar refractivity (Wildman–Crippen MR) is 69.0 cm³/mol. The largest absolute Gasteiger partial charge is 0.490 e. The van der Waals surface area contributed by atoms with Crippen LogP contribution in [0.1, 0.15) is 5.82 Å². The van der Waals surface area contributed by atoms with E-state index >= 15 is 0 Å². The minimum absolute atomic E-state index is 0.0394. The summed E-state index contributed by atoms with van der Waals surface area (Å²) in [7, 11) is 0.365. The molecule has 118 valence electrons. The van der Waals surface area contributed by atoms with Gasteiger partial charge in [0.05, 0.1) is 27.5 Å². The van der Waals surface area contributed by atoms with E-state index in [0.717, 1.165) is 6.26 Å². The molecule has 0 aliphatic carbocycles. The quantitative estimate of drug-likeness (QED) is 0.665. The lowest BCUT2D eigenvalue weighted by atomic mass is 10.5. The van der Waals surface area contributed by atoms with Crippen LogP contribution in [0.15, 0.2) is 6.20 Å². The SMILES string of the molecule is COc1cnc(CS(C)(=O)=O)nc1OC(=O)N(OC)OC. The first-order valence-corrected chi connectivity index (χ1v) is 7.54. The summed E-state index contributed by atoms with van der Waals surface area (Å²) in [5.41, 5.74) is 0. The number of hydrogen-bond acceptors (Lipinski definition) is 9. The van der Waals surface area contributed by atoms with E-state index < -0.39 is 21.7 Å². The number of nitrogens with zero attached hydrogens (tertiary/aromatic N) is 3. The third-order valence-corrected chi connectivity index (χ3v) is 2.83. The molecule has 0 bridgehead atoms. The monoisotopic (exact) mass is 321 g/mol. The van der Waals surface area contributed by atoms with Gasteiger partial charge in [-0.1, -0.05) is 0 Å². The number of amides is 1. The second kappa shape index (κ2) is 7.15. The highest BCUT2D eigenvalue weighted by Crippen LogP contribution is 2.24. The molecule has 0 unspecified atom stereocenters. The van der Waals surface area contributed by atoms with Crippen molar-refractivity contribution in [3.8, 4) is 11.6 Å². The number of rotatable bonds is 6. The van der Waals surface area contributed by atoms with Gasteiger partial charge in [-0.25, -0.2) is 27.9 Å². The molecular weight excluding hydrogens is 306 g/mol. The first-order valence-electron chi connectivity index (χ1n) is 5.48. The van der Waals surface area contributed by atoms with Crippen LogP contribution < -0.4 is 9.47 Å². The van der Waals surface area contributed by atoms with Gasteiger partial charge in [-0.3, -0.25) is 0 Å². The van der Waals surface area contributed by atoms with Crippen LogP contribution in [-0.4, -0.2) is 57.3 Å².